The average Bonchev–Trinajstić information content (AvgIpc) is 2.95. The average molecular weight is 371 g/mol. The largest absolute Gasteiger partial charge is 0.451 e. The van der Waals surface area contributed by atoms with Crippen LogP contribution in [-0.2, 0) is 11.3 Å². The van der Waals surface area contributed by atoms with E-state index < -0.39 is 5.91 Å². The maximum absolute atomic E-state index is 13.1. The van der Waals surface area contributed by atoms with Crippen LogP contribution in [0.15, 0.2) is 52.9 Å². The lowest BCUT2D eigenvalue weighted by Gasteiger charge is -2.21. The summed E-state index contributed by atoms with van der Waals surface area (Å²) in [7, 11) is 0. The molecule has 0 saturated heterocycles. The Morgan fingerprint density at radius 1 is 1.15 bits per heavy atom. The number of nitrogens with zero attached hydrogens (tertiary/aromatic N) is 1. The highest BCUT2D eigenvalue weighted by atomic mass is 35.5. The fourth-order valence-electron chi connectivity index (χ4n) is 2.84. The van der Waals surface area contributed by atoms with Crippen molar-refractivity contribution in [1.29, 1.82) is 0 Å². The highest BCUT2D eigenvalue weighted by Crippen LogP contribution is 2.29. The van der Waals surface area contributed by atoms with Crippen molar-refractivity contribution >= 4 is 34.4 Å². The normalized spacial score (nSPS) is 10.8. The molecule has 0 fully saturated rings. The number of benzene rings is 2. The van der Waals surface area contributed by atoms with Crippen molar-refractivity contribution in [1.82, 2.24) is 4.90 Å². The summed E-state index contributed by atoms with van der Waals surface area (Å²) in [5.74, 6) is -0.480. The minimum Gasteiger partial charge on any atom is -0.451 e. The molecule has 2 amide bonds. The molecule has 2 N–H and O–H groups in total. The van der Waals surface area contributed by atoms with E-state index in [9.17, 15) is 9.59 Å². The molecule has 1 aromatic heterocycles. The molecular weight excluding hydrogens is 352 g/mol. The Bertz CT molecular complexity index is 950. The van der Waals surface area contributed by atoms with Crippen molar-refractivity contribution in [3.05, 3.63) is 70.4 Å². The number of nitrogens with two attached hydrogens (primary N) is 1. The molecule has 134 valence electrons. The third-order valence-corrected chi connectivity index (χ3v) is 4.46. The molecule has 1 heterocycles. The molecule has 0 radical (unpaired) electrons. The monoisotopic (exact) mass is 370 g/mol. The first kappa shape index (κ1) is 18.0. The van der Waals surface area contributed by atoms with Crippen molar-refractivity contribution in [3.63, 3.8) is 0 Å². The molecule has 0 unspecified atom stereocenters. The fraction of sp³-hybridized carbons (Fsp3) is 0.200. The fourth-order valence-corrected chi connectivity index (χ4v) is 3.01. The Balaban J connectivity index is 1.93. The quantitative estimate of drug-likeness (QED) is 0.714. The number of carbonyl (C=O) groups is 2. The first-order chi connectivity index (χ1) is 12.5. The van der Waals surface area contributed by atoms with Crippen LogP contribution in [0.4, 0.5) is 0 Å². The molecule has 0 spiro atoms. The number of primary amides is 1. The predicted octanol–water partition coefficient (Wildman–Crippen LogP) is 3.91. The van der Waals surface area contributed by atoms with Gasteiger partial charge in [0.15, 0.2) is 5.76 Å². The number of rotatable bonds is 6. The van der Waals surface area contributed by atoms with Gasteiger partial charge in [-0.25, -0.2) is 0 Å². The van der Waals surface area contributed by atoms with Crippen LogP contribution < -0.4 is 5.73 Å². The first-order valence-corrected chi connectivity index (χ1v) is 8.63. The second-order valence-electron chi connectivity index (χ2n) is 6.13. The van der Waals surface area contributed by atoms with Gasteiger partial charge in [-0.1, -0.05) is 41.9 Å². The van der Waals surface area contributed by atoms with Crippen molar-refractivity contribution in [3.8, 4) is 0 Å². The number of carbonyl (C=O) groups excluding carboxylic acids is 2. The van der Waals surface area contributed by atoms with Crippen molar-refractivity contribution in [2.75, 3.05) is 6.54 Å². The molecule has 2 aromatic carbocycles. The van der Waals surface area contributed by atoms with Crippen LogP contribution in [0.5, 0.6) is 0 Å². The highest BCUT2D eigenvalue weighted by Gasteiger charge is 2.24. The molecule has 0 bridgehead atoms. The Morgan fingerprint density at radius 2 is 1.88 bits per heavy atom. The lowest BCUT2D eigenvalue weighted by atomic mass is 10.1. The van der Waals surface area contributed by atoms with Crippen LogP contribution in [-0.4, -0.2) is 23.3 Å². The van der Waals surface area contributed by atoms with Gasteiger partial charge >= 0.3 is 0 Å². The highest BCUT2D eigenvalue weighted by molar-refractivity contribution is 6.31. The van der Waals surface area contributed by atoms with E-state index in [-0.39, 0.29) is 24.6 Å². The number of amides is 2. The summed E-state index contributed by atoms with van der Waals surface area (Å²) in [4.78, 5) is 25.9. The van der Waals surface area contributed by atoms with Gasteiger partial charge in [-0.2, -0.15) is 0 Å². The lowest BCUT2D eigenvalue weighted by Crippen LogP contribution is -2.33. The smallest absolute Gasteiger partial charge is 0.290 e. The summed E-state index contributed by atoms with van der Waals surface area (Å²) < 4.78 is 5.78. The van der Waals surface area contributed by atoms with Gasteiger partial charge in [0, 0.05) is 35.5 Å². The van der Waals surface area contributed by atoms with Gasteiger partial charge in [0.2, 0.25) is 5.91 Å². The molecule has 0 aliphatic carbocycles. The van der Waals surface area contributed by atoms with E-state index in [1.807, 2.05) is 37.3 Å². The van der Waals surface area contributed by atoms with E-state index in [1.54, 1.807) is 23.1 Å². The first-order valence-electron chi connectivity index (χ1n) is 8.26. The van der Waals surface area contributed by atoms with Gasteiger partial charge in [-0.05, 0) is 30.7 Å². The SMILES string of the molecule is Cc1c(C(=O)N(CCC(N)=O)Cc2ccccc2)oc2ccc(Cl)cc12. The molecule has 26 heavy (non-hydrogen) atoms. The van der Waals surface area contributed by atoms with E-state index in [2.05, 4.69) is 0 Å². The van der Waals surface area contributed by atoms with E-state index in [0.717, 1.165) is 16.5 Å². The molecule has 0 aliphatic rings. The Hall–Kier alpha value is -2.79. The van der Waals surface area contributed by atoms with Gasteiger partial charge in [-0.3, -0.25) is 9.59 Å². The maximum Gasteiger partial charge on any atom is 0.290 e. The van der Waals surface area contributed by atoms with Crippen LogP contribution in [0, 0.1) is 6.92 Å². The zero-order valence-electron chi connectivity index (χ0n) is 14.4. The number of fused-ring (bicyclic) bond motifs is 1. The predicted molar refractivity (Wildman–Crippen MR) is 101 cm³/mol. The summed E-state index contributed by atoms with van der Waals surface area (Å²) in [6.07, 6.45) is 0.0870. The number of aryl methyl sites for hydroxylation is 1. The zero-order valence-corrected chi connectivity index (χ0v) is 15.1. The second-order valence-corrected chi connectivity index (χ2v) is 6.56. The van der Waals surface area contributed by atoms with E-state index in [4.69, 9.17) is 21.8 Å². The molecular formula is C20H19ClN2O3. The minimum absolute atomic E-state index is 0.0870. The van der Waals surface area contributed by atoms with Gasteiger partial charge in [-0.15, -0.1) is 0 Å². The van der Waals surface area contributed by atoms with E-state index >= 15 is 0 Å². The molecule has 6 heteroatoms. The molecule has 0 saturated carbocycles. The molecule has 3 aromatic rings. The van der Waals surface area contributed by atoms with Crippen LogP contribution in [0.3, 0.4) is 0 Å². The Labute approximate surface area is 156 Å². The summed E-state index contributed by atoms with van der Waals surface area (Å²) in [6, 6.07) is 14.8. The van der Waals surface area contributed by atoms with Crippen LogP contribution in [0.25, 0.3) is 11.0 Å². The Kier molecular flexibility index (Phi) is 5.28. The van der Waals surface area contributed by atoms with Gasteiger partial charge in [0.05, 0.1) is 0 Å². The van der Waals surface area contributed by atoms with Crippen LogP contribution >= 0.6 is 11.6 Å². The summed E-state index contributed by atoms with van der Waals surface area (Å²) in [5.41, 5.74) is 7.55. The summed E-state index contributed by atoms with van der Waals surface area (Å²) in [5, 5.41) is 1.38. The number of furan rings is 1. The minimum atomic E-state index is -0.455. The number of hydrogen-bond donors (Lipinski definition) is 1. The van der Waals surface area contributed by atoms with Crippen molar-refractivity contribution < 1.29 is 14.0 Å². The van der Waals surface area contributed by atoms with E-state index in [1.165, 1.54) is 0 Å². The number of halogens is 1. The van der Waals surface area contributed by atoms with Gasteiger partial charge < -0.3 is 15.1 Å². The topological polar surface area (TPSA) is 76.5 Å². The van der Waals surface area contributed by atoms with Crippen molar-refractivity contribution in [2.24, 2.45) is 5.73 Å². The van der Waals surface area contributed by atoms with E-state index in [0.29, 0.717) is 17.2 Å². The summed E-state index contributed by atoms with van der Waals surface area (Å²) >= 11 is 6.05. The lowest BCUT2D eigenvalue weighted by molar-refractivity contribution is -0.118. The van der Waals surface area contributed by atoms with Gasteiger partial charge in [0.1, 0.15) is 5.58 Å². The third kappa shape index (κ3) is 3.89. The molecule has 0 atom stereocenters. The van der Waals surface area contributed by atoms with Crippen LogP contribution in [0.1, 0.15) is 28.1 Å². The Morgan fingerprint density at radius 3 is 2.58 bits per heavy atom. The standard InChI is InChI=1S/C20H19ClN2O3/c1-13-16-11-15(21)7-8-17(16)26-19(13)20(25)23(10-9-18(22)24)12-14-5-3-2-4-6-14/h2-8,11H,9-10,12H2,1H3,(H2,22,24). The summed E-state index contributed by atoms with van der Waals surface area (Å²) in [6.45, 7) is 2.41. The molecule has 5 nitrogen and oxygen atoms in total. The zero-order chi connectivity index (χ0) is 18.7. The second kappa shape index (κ2) is 7.62. The van der Waals surface area contributed by atoms with Crippen molar-refractivity contribution in [2.45, 2.75) is 19.9 Å². The maximum atomic E-state index is 13.1. The molecule has 3 rings (SSSR count). The van der Waals surface area contributed by atoms with Crippen LogP contribution in [0.2, 0.25) is 5.02 Å². The third-order valence-electron chi connectivity index (χ3n) is 4.22. The van der Waals surface area contributed by atoms with Gasteiger partial charge in [0.25, 0.3) is 5.91 Å². The molecule has 0 aliphatic heterocycles. The number of hydrogen-bond acceptors (Lipinski definition) is 3.